The van der Waals surface area contributed by atoms with E-state index < -0.39 is 0 Å². The number of carbonyl (C=O) groups excluding carboxylic acids is 2. The van der Waals surface area contributed by atoms with E-state index in [0.717, 1.165) is 24.2 Å². The topological polar surface area (TPSA) is 70.7 Å². The Labute approximate surface area is 199 Å². The first-order chi connectivity index (χ1) is 15.3. The van der Waals surface area contributed by atoms with Crippen LogP contribution in [0, 0.1) is 5.92 Å². The smallest absolute Gasteiger partial charge is 0.226 e. The zero-order valence-corrected chi connectivity index (χ0v) is 19.9. The Bertz CT molecular complexity index is 952. The molecule has 8 heteroatoms. The molecule has 6 nitrogen and oxygen atoms in total. The first kappa shape index (κ1) is 24.5. The number of anilines is 1. The van der Waals surface area contributed by atoms with Gasteiger partial charge in [-0.25, -0.2) is 0 Å². The predicted octanol–water partition coefficient (Wildman–Crippen LogP) is 4.15. The van der Waals surface area contributed by atoms with Crippen molar-refractivity contribution in [1.82, 2.24) is 10.2 Å². The Balaban J connectivity index is 1.49. The van der Waals surface area contributed by atoms with E-state index in [0.29, 0.717) is 35.4 Å². The highest BCUT2D eigenvalue weighted by Gasteiger charge is 2.21. The Hall–Kier alpha value is -2.12. The summed E-state index contributed by atoms with van der Waals surface area (Å²) in [6.07, 6.45) is 0.0974. The van der Waals surface area contributed by atoms with Crippen LogP contribution < -0.4 is 10.6 Å². The molecule has 0 spiro atoms. The molecule has 0 aliphatic carbocycles. The maximum absolute atomic E-state index is 12.5. The standard InChI is InChI=1S/C24H29Cl2N3O3/c1-16(2)24(31)28-22-6-4-3-5-18(22)12-23(30)27-13-19-15-29(9-10-32-19)14-17-7-8-20(25)21(26)11-17/h3-8,11,16,19H,9-10,12-15H2,1-2H3,(H,27,30)(H,28,31). The molecule has 2 aromatic rings. The van der Waals surface area contributed by atoms with Crippen molar-refractivity contribution in [2.45, 2.75) is 32.9 Å². The molecule has 1 saturated heterocycles. The number of amides is 2. The quantitative estimate of drug-likeness (QED) is 0.598. The van der Waals surface area contributed by atoms with E-state index in [4.69, 9.17) is 27.9 Å². The number of rotatable bonds is 8. The summed E-state index contributed by atoms with van der Waals surface area (Å²) in [5.41, 5.74) is 2.54. The van der Waals surface area contributed by atoms with E-state index in [-0.39, 0.29) is 30.3 Å². The number of para-hydroxylation sites is 1. The van der Waals surface area contributed by atoms with Gasteiger partial charge in [0.15, 0.2) is 0 Å². The number of nitrogens with one attached hydrogen (secondary N) is 2. The van der Waals surface area contributed by atoms with Crippen molar-refractivity contribution >= 4 is 40.7 Å². The maximum Gasteiger partial charge on any atom is 0.226 e. The number of morpholine rings is 1. The van der Waals surface area contributed by atoms with Crippen LogP contribution in [0.3, 0.4) is 0 Å². The van der Waals surface area contributed by atoms with Gasteiger partial charge in [-0.15, -0.1) is 0 Å². The monoisotopic (exact) mass is 477 g/mol. The lowest BCUT2D eigenvalue weighted by Gasteiger charge is -2.33. The zero-order chi connectivity index (χ0) is 23.1. The normalized spacial score (nSPS) is 16.7. The lowest BCUT2D eigenvalue weighted by atomic mass is 10.1. The van der Waals surface area contributed by atoms with Crippen molar-refractivity contribution in [1.29, 1.82) is 0 Å². The summed E-state index contributed by atoms with van der Waals surface area (Å²) in [6.45, 7) is 6.96. The molecule has 172 valence electrons. The minimum atomic E-state index is -0.132. The van der Waals surface area contributed by atoms with Crippen molar-refractivity contribution < 1.29 is 14.3 Å². The molecule has 1 aliphatic rings. The van der Waals surface area contributed by atoms with Gasteiger partial charge in [-0.3, -0.25) is 14.5 Å². The molecular formula is C24H29Cl2N3O3. The molecule has 1 aliphatic heterocycles. The molecule has 0 saturated carbocycles. The van der Waals surface area contributed by atoms with Gasteiger partial charge in [0.05, 0.1) is 29.2 Å². The number of carbonyl (C=O) groups is 2. The maximum atomic E-state index is 12.5. The number of ether oxygens (including phenoxy) is 1. The van der Waals surface area contributed by atoms with Crippen LogP contribution in [-0.4, -0.2) is 49.1 Å². The third-order valence-electron chi connectivity index (χ3n) is 5.29. The molecule has 1 heterocycles. The van der Waals surface area contributed by atoms with E-state index in [1.807, 2.05) is 50.2 Å². The van der Waals surface area contributed by atoms with Gasteiger partial charge in [0.1, 0.15) is 0 Å². The van der Waals surface area contributed by atoms with E-state index in [1.54, 1.807) is 6.07 Å². The van der Waals surface area contributed by atoms with Crippen molar-refractivity contribution in [2.24, 2.45) is 5.92 Å². The third-order valence-corrected chi connectivity index (χ3v) is 6.03. The fraction of sp³-hybridized carbons (Fsp3) is 0.417. The van der Waals surface area contributed by atoms with Crippen LogP contribution in [-0.2, 0) is 27.3 Å². The second-order valence-electron chi connectivity index (χ2n) is 8.26. The van der Waals surface area contributed by atoms with E-state index in [1.165, 1.54) is 0 Å². The Kier molecular flexibility index (Phi) is 8.93. The van der Waals surface area contributed by atoms with Crippen LogP contribution in [0.25, 0.3) is 0 Å². The molecule has 2 amide bonds. The molecule has 1 unspecified atom stereocenters. The molecule has 3 rings (SSSR count). The number of nitrogens with zero attached hydrogens (tertiary/aromatic N) is 1. The van der Waals surface area contributed by atoms with Gasteiger partial charge in [-0.1, -0.05) is 61.3 Å². The number of hydrogen-bond donors (Lipinski definition) is 2. The molecule has 1 fully saturated rings. The average Bonchev–Trinajstić information content (AvgIpc) is 2.76. The summed E-state index contributed by atoms with van der Waals surface area (Å²) in [4.78, 5) is 26.9. The minimum Gasteiger partial charge on any atom is -0.374 e. The van der Waals surface area contributed by atoms with Crippen molar-refractivity contribution in [3.05, 3.63) is 63.6 Å². The van der Waals surface area contributed by atoms with Crippen molar-refractivity contribution in [3.8, 4) is 0 Å². The van der Waals surface area contributed by atoms with E-state index in [2.05, 4.69) is 15.5 Å². The van der Waals surface area contributed by atoms with Crippen LogP contribution in [0.5, 0.6) is 0 Å². The predicted molar refractivity (Wildman–Crippen MR) is 128 cm³/mol. The third kappa shape index (κ3) is 7.20. The summed E-state index contributed by atoms with van der Waals surface area (Å²) in [7, 11) is 0. The zero-order valence-electron chi connectivity index (χ0n) is 18.4. The highest BCUT2D eigenvalue weighted by Crippen LogP contribution is 2.23. The summed E-state index contributed by atoms with van der Waals surface area (Å²) in [5.74, 6) is -0.316. The minimum absolute atomic E-state index is 0.0736. The van der Waals surface area contributed by atoms with Crippen LogP contribution in [0.1, 0.15) is 25.0 Å². The molecule has 0 radical (unpaired) electrons. The van der Waals surface area contributed by atoms with Gasteiger partial charge >= 0.3 is 0 Å². The summed E-state index contributed by atoms with van der Waals surface area (Å²) in [5, 5.41) is 6.94. The van der Waals surface area contributed by atoms with Crippen molar-refractivity contribution in [3.63, 3.8) is 0 Å². The number of halogens is 2. The number of benzene rings is 2. The largest absolute Gasteiger partial charge is 0.374 e. The fourth-order valence-corrected chi connectivity index (χ4v) is 3.80. The first-order valence-corrected chi connectivity index (χ1v) is 11.5. The molecule has 2 aromatic carbocycles. The van der Waals surface area contributed by atoms with E-state index >= 15 is 0 Å². The first-order valence-electron chi connectivity index (χ1n) is 10.7. The highest BCUT2D eigenvalue weighted by molar-refractivity contribution is 6.42. The molecule has 0 bridgehead atoms. The van der Waals surface area contributed by atoms with Gasteiger partial charge < -0.3 is 15.4 Å². The molecule has 32 heavy (non-hydrogen) atoms. The Morgan fingerprint density at radius 1 is 1.16 bits per heavy atom. The summed E-state index contributed by atoms with van der Waals surface area (Å²) < 4.78 is 5.83. The summed E-state index contributed by atoms with van der Waals surface area (Å²) in [6, 6.07) is 13.0. The molecular weight excluding hydrogens is 449 g/mol. The summed E-state index contributed by atoms with van der Waals surface area (Å²) >= 11 is 12.1. The highest BCUT2D eigenvalue weighted by atomic mass is 35.5. The Morgan fingerprint density at radius 3 is 2.69 bits per heavy atom. The lowest BCUT2D eigenvalue weighted by molar-refractivity contribution is -0.122. The van der Waals surface area contributed by atoms with Crippen LogP contribution in [0.15, 0.2) is 42.5 Å². The fourth-order valence-electron chi connectivity index (χ4n) is 3.48. The lowest BCUT2D eigenvalue weighted by Crippen LogP contribution is -2.47. The van der Waals surface area contributed by atoms with Gasteiger partial charge in [-0.05, 0) is 29.3 Å². The van der Waals surface area contributed by atoms with Gasteiger partial charge in [0.2, 0.25) is 11.8 Å². The van der Waals surface area contributed by atoms with Crippen LogP contribution in [0.2, 0.25) is 10.0 Å². The average molecular weight is 478 g/mol. The number of hydrogen-bond acceptors (Lipinski definition) is 4. The molecule has 1 atom stereocenters. The van der Waals surface area contributed by atoms with Crippen molar-refractivity contribution in [2.75, 3.05) is 31.6 Å². The SMILES string of the molecule is CC(C)C(=O)Nc1ccccc1CC(=O)NCC1CN(Cc2ccc(Cl)c(Cl)c2)CCO1. The van der Waals surface area contributed by atoms with Gasteiger partial charge in [0, 0.05) is 37.8 Å². The Morgan fingerprint density at radius 2 is 1.94 bits per heavy atom. The molecule has 0 aromatic heterocycles. The second-order valence-corrected chi connectivity index (χ2v) is 9.07. The van der Waals surface area contributed by atoms with Gasteiger partial charge in [0.25, 0.3) is 0 Å². The van der Waals surface area contributed by atoms with Crippen LogP contribution >= 0.6 is 23.2 Å². The van der Waals surface area contributed by atoms with Gasteiger partial charge in [-0.2, -0.15) is 0 Å². The van der Waals surface area contributed by atoms with Crippen LogP contribution in [0.4, 0.5) is 5.69 Å². The van der Waals surface area contributed by atoms with E-state index in [9.17, 15) is 9.59 Å². The molecule has 2 N–H and O–H groups in total. The second kappa shape index (κ2) is 11.7.